The van der Waals surface area contributed by atoms with E-state index in [-0.39, 0.29) is 142 Å². The van der Waals surface area contributed by atoms with Gasteiger partial charge < -0.3 is 34.0 Å². The summed E-state index contributed by atoms with van der Waals surface area (Å²) in [5.74, 6) is -4.41. The summed E-state index contributed by atoms with van der Waals surface area (Å²) in [6.07, 6.45) is -1.06. The molecule has 4 aromatic carbocycles. The van der Waals surface area contributed by atoms with Crippen molar-refractivity contribution in [2.24, 2.45) is 0 Å². The number of hydrogen-bond donors (Lipinski definition) is 2. The number of esters is 1. The maximum atomic E-state index is 14.2. The number of ether oxygens (including phenoxy) is 1. The molecule has 0 unspecified atom stereocenters. The number of fused-ring (bicyclic) bond motifs is 2. The van der Waals surface area contributed by atoms with Gasteiger partial charge in [-0.05, 0) is 52.0 Å². The van der Waals surface area contributed by atoms with Crippen molar-refractivity contribution in [2.45, 2.75) is 34.1 Å². The van der Waals surface area contributed by atoms with Crippen LogP contribution < -0.4 is 134 Å². The topological polar surface area (TPSA) is 328 Å². The number of halogens is 1. The zero-order chi connectivity index (χ0) is 42.9. The van der Waals surface area contributed by atoms with E-state index in [0.717, 1.165) is 6.07 Å². The number of H-pyrrole nitrogens is 1. The molecule has 0 radical (unpaired) electrons. The van der Waals surface area contributed by atoms with Crippen LogP contribution >= 0.6 is 11.6 Å². The third kappa shape index (κ3) is 13.6. The first-order chi connectivity index (χ1) is 27.0. The van der Waals surface area contributed by atoms with Crippen molar-refractivity contribution >= 4 is 92.3 Å². The molecule has 19 nitrogen and oxygen atoms in total. The molecule has 0 saturated carbocycles. The van der Waals surface area contributed by atoms with E-state index in [1.807, 2.05) is 0 Å². The number of carboxylic acid groups (broad SMARTS) is 1. The molecule has 2 N–H and O–H groups in total. The maximum absolute atomic E-state index is 14.2. The first kappa shape index (κ1) is 58.2. The standard InChI is InChI=1S/C34H24ClN2O14S3.4Na.O3S/c35-18-6-3-5-17(13-18)16-51-34(42)30-27-20-7-1-2-8-21(20)32(40)28-23(15-25(54(48,49)50)31(29(27)28)37-33(30)41)36-22-11-10-19(14-24(22)53(45,46)47)52(43,44)12-4-9-26(38)39;;;;;1-4(2)3/h1-3,5-8,10,13-15,36H,4,9,12,16H2,(H,37,41)(H,38,39)(H,45,46,47)(H,48,49,50);;;;;/q-1;4*+1;/p-3. The van der Waals surface area contributed by atoms with Crippen LogP contribution in [0.1, 0.15) is 44.7 Å². The van der Waals surface area contributed by atoms with Crippen molar-refractivity contribution in [3.05, 3.63) is 110 Å². The molecule has 0 saturated heterocycles. The Morgan fingerprint density at radius 3 is 1.98 bits per heavy atom. The van der Waals surface area contributed by atoms with E-state index in [2.05, 4.69) is 16.4 Å². The van der Waals surface area contributed by atoms with Crippen LogP contribution in [0.3, 0.4) is 0 Å². The van der Waals surface area contributed by atoms with Gasteiger partial charge in [0.25, 0.3) is 5.56 Å². The van der Waals surface area contributed by atoms with E-state index in [1.54, 1.807) is 18.2 Å². The molecule has 28 heteroatoms. The zero-order valence-electron chi connectivity index (χ0n) is 32.6. The minimum atomic E-state index is -5.58. The van der Waals surface area contributed by atoms with Gasteiger partial charge in [0.2, 0.25) is 0 Å². The van der Waals surface area contributed by atoms with Gasteiger partial charge in [-0.25, -0.2) is 21.6 Å². The van der Waals surface area contributed by atoms with E-state index in [0.29, 0.717) is 22.7 Å². The molecule has 0 amide bonds. The molecule has 0 bridgehead atoms. The molecule has 62 heavy (non-hydrogen) atoms. The number of anilines is 2. The fourth-order valence-electron chi connectivity index (χ4n) is 5.92. The molecular formula is C34H21ClN2Na4O17S4. The van der Waals surface area contributed by atoms with Gasteiger partial charge in [-0.1, -0.05) is 53.7 Å². The SMILES string of the molecule is O=C([O-])CCCS(=O)(=O)c1c[c-]c(Nc2cc(S(=O)(=O)[O-])c3[nH]c(=O)c(C(=O)OCc4cccc(Cl)c4)c4c3c2C(=O)c2ccccc2-4)c(S(=O)(=O)[O-])c1.O=S(=O)=O.[Na+].[Na+].[Na+].[Na+]. The van der Waals surface area contributed by atoms with Gasteiger partial charge in [0, 0.05) is 33.3 Å². The normalized spacial score (nSPS) is 11.4. The second-order valence-electron chi connectivity index (χ2n) is 11.9. The average molecular weight is 985 g/mol. The van der Waals surface area contributed by atoms with Gasteiger partial charge in [-0.15, -0.1) is 18.7 Å². The van der Waals surface area contributed by atoms with Crippen LogP contribution in [0.4, 0.5) is 11.4 Å². The molecule has 0 spiro atoms. The zero-order valence-corrected chi connectivity index (χ0v) is 44.7. The number of nitrogens with one attached hydrogen (secondary N) is 2. The predicted octanol–water partition coefficient (Wildman–Crippen LogP) is -10.6. The number of aromatic amines is 1. The van der Waals surface area contributed by atoms with Gasteiger partial charge in [0.15, 0.2) is 5.78 Å². The van der Waals surface area contributed by atoms with E-state index < -0.39 is 131 Å². The van der Waals surface area contributed by atoms with Crippen molar-refractivity contribution in [1.82, 2.24) is 4.98 Å². The predicted molar refractivity (Wildman–Crippen MR) is 194 cm³/mol. The second-order valence-corrected chi connectivity index (χ2v) is 17.6. The molecule has 5 aromatic rings. The summed E-state index contributed by atoms with van der Waals surface area (Å²) in [6.45, 7) is -0.379. The van der Waals surface area contributed by atoms with Crippen molar-refractivity contribution in [2.75, 3.05) is 11.1 Å². The molecule has 6 rings (SSSR count). The number of hydrogen-bond acceptors (Lipinski definition) is 18. The Morgan fingerprint density at radius 2 is 1.42 bits per heavy atom. The van der Waals surface area contributed by atoms with Gasteiger partial charge in [-0.2, -0.15) is 12.1 Å². The molecule has 0 atom stereocenters. The summed E-state index contributed by atoms with van der Waals surface area (Å²) < 4.78 is 132. The number of rotatable bonds is 12. The Kier molecular flexibility index (Phi) is 22.1. The van der Waals surface area contributed by atoms with E-state index >= 15 is 0 Å². The summed E-state index contributed by atoms with van der Waals surface area (Å²) in [6, 6.07) is 15.9. The van der Waals surface area contributed by atoms with Crippen LogP contribution in [0, 0.1) is 6.07 Å². The Bertz CT molecular complexity index is 3110. The minimum absolute atomic E-state index is 0. The van der Waals surface area contributed by atoms with Gasteiger partial charge >= 0.3 is 135 Å². The second kappa shape index (κ2) is 23.6. The average Bonchev–Trinajstić information content (AvgIpc) is 3.11. The number of ketones is 1. The quantitative estimate of drug-likeness (QED) is 0.0498. The number of benzene rings is 4. The van der Waals surface area contributed by atoms with Crippen LogP contribution in [0.25, 0.3) is 22.0 Å². The van der Waals surface area contributed by atoms with Crippen LogP contribution in [0.2, 0.25) is 5.02 Å². The molecule has 1 aliphatic carbocycles. The fourth-order valence-corrected chi connectivity index (χ4v) is 8.80. The molecule has 0 aliphatic heterocycles. The number of pyridine rings is 1. The number of aliphatic carboxylic acids is 1. The largest absolute Gasteiger partial charge is 1.00 e. The Labute approximate surface area is 447 Å². The van der Waals surface area contributed by atoms with Crippen molar-refractivity contribution < 1.29 is 189 Å². The summed E-state index contributed by atoms with van der Waals surface area (Å²) in [5.41, 5.74) is -4.51. The molecule has 1 heterocycles. The molecule has 0 fully saturated rings. The number of carboxylic acids is 1. The number of carbonyl (C=O) groups is 3. The Hall–Kier alpha value is -1.82. The molecule has 1 aromatic heterocycles. The summed E-state index contributed by atoms with van der Waals surface area (Å²) >= 11 is 6.02. The third-order valence-corrected chi connectivity index (χ3v) is 12.0. The first-order valence-corrected chi connectivity index (χ1v) is 21.6. The third-order valence-electron chi connectivity index (χ3n) is 8.22. The van der Waals surface area contributed by atoms with Crippen molar-refractivity contribution in [3.8, 4) is 11.1 Å². The Morgan fingerprint density at radius 1 is 0.823 bits per heavy atom. The summed E-state index contributed by atoms with van der Waals surface area (Å²) in [7, 11) is -18.6. The van der Waals surface area contributed by atoms with Crippen LogP contribution in [-0.4, -0.2) is 75.4 Å². The number of carbonyl (C=O) groups excluding carboxylic acids is 3. The number of aromatic nitrogens is 1. The van der Waals surface area contributed by atoms with Gasteiger partial charge in [0.1, 0.15) is 32.1 Å². The minimum Gasteiger partial charge on any atom is -0.754 e. The monoisotopic (exact) mass is 984 g/mol. The maximum Gasteiger partial charge on any atom is 1.00 e. The van der Waals surface area contributed by atoms with Gasteiger partial charge in [-0.3, -0.25) is 18.0 Å². The molecule has 304 valence electrons. The first-order valence-electron chi connectivity index (χ1n) is 15.8. The number of sulfone groups is 1. The van der Waals surface area contributed by atoms with E-state index in [1.165, 1.54) is 30.3 Å². The fraction of sp³-hybridized carbons (Fsp3) is 0.118. The van der Waals surface area contributed by atoms with Gasteiger partial charge in [0.05, 0.1) is 31.8 Å². The summed E-state index contributed by atoms with van der Waals surface area (Å²) in [4.78, 5) is 51.3. The Balaban J connectivity index is 0.00000230. The molecular weight excluding hydrogens is 964 g/mol. The van der Waals surface area contributed by atoms with Crippen LogP contribution in [0.5, 0.6) is 0 Å². The van der Waals surface area contributed by atoms with Crippen molar-refractivity contribution in [1.29, 1.82) is 0 Å². The molecule has 1 aliphatic rings. The van der Waals surface area contributed by atoms with Crippen LogP contribution in [0.15, 0.2) is 86.2 Å². The van der Waals surface area contributed by atoms with Crippen molar-refractivity contribution in [3.63, 3.8) is 0 Å². The smallest absolute Gasteiger partial charge is 0.754 e. The van der Waals surface area contributed by atoms with Crippen LogP contribution in [-0.2, 0) is 56.8 Å². The van der Waals surface area contributed by atoms with E-state index in [4.69, 9.17) is 29.0 Å². The summed E-state index contributed by atoms with van der Waals surface area (Å²) in [5, 5.41) is 13.1. The van der Waals surface area contributed by atoms with E-state index in [9.17, 15) is 58.6 Å².